The maximum atomic E-state index is 11.8. The van der Waals surface area contributed by atoms with Gasteiger partial charge in [0, 0.05) is 5.69 Å². The first-order chi connectivity index (χ1) is 9.29. The van der Waals surface area contributed by atoms with Gasteiger partial charge in [-0.1, -0.05) is 6.58 Å². The second-order valence-corrected chi connectivity index (χ2v) is 5.84. The van der Waals surface area contributed by atoms with Gasteiger partial charge in [-0.3, -0.25) is 4.72 Å². The van der Waals surface area contributed by atoms with Gasteiger partial charge in [0.05, 0.1) is 0 Å². The molecular formula is C15H18N2OS. The van der Waals surface area contributed by atoms with Crippen LogP contribution in [-0.2, 0) is 25.7 Å². The molecule has 2 aliphatic rings. The monoisotopic (exact) mass is 274 g/mol. The topological polar surface area (TPSA) is 41.1 Å². The van der Waals surface area contributed by atoms with Crippen molar-refractivity contribution < 1.29 is 4.79 Å². The minimum absolute atomic E-state index is 0.169. The second kappa shape index (κ2) is 5.29. The quantitative estimate of drug-likeness (QED) is 0.827. The molecule has 0 saturated heterocycles. The molecule has 100 valence electrons. The molecule has 3 rings (SSSR count). The lowest BCUT2D eigenvalue weighted by molar-refractivity contribution is 0.257. The van der Waals surface area contributed by atoms with Crippen molar-refractivity contribution in [3.8, 4) is 0 Å². The number of fused-ring (bicyclic) bond motifs is 3. The molecule has 0 bridgehead atoms. The maximum absolute atomic E-state index is 11.8. The van der Waals surface area contributed by atoms with Crippen molar-refractivity contribution in [1.29, 1.82) is 0 Å². The van der Waals surface area contributed by atoms with Crippen LogP contribution in [0.15, 0.2) is 18.1 Å². The van der Waals surface area contributed by atoms with E-state index in [4.69, 9.17) is 0 Å². The van der Waals surface area contributed by atoms with Crippen LogP contribution in [0.5, 0.6) is 0 Å². The van der Waals surface area contributed by atoms with Gasteiger partial charge in [0.1, 0.15) is 0 Å². The van der Waals surface area contributed by atoms with Crippen molar-refractivity contribution in [2.45, 2.75) is 38.5 Å². The molecule has 0 radical (unpaired) electrons. The van der Waals surface area contributed by atoms with Crippen LogP contribution in [0, 0.1) is 0 Å². The predicted molar refractivity (Wildman–Crippen MR) is 80.4 cm³/mol. The molecule has 2 amide bonds. The Morgan fingerprint density at radius 2 is 1.89 bits per heavy atom. The standard InChI is InChI=1S/C15H18N2OS/c1-2-19-17-15(18)16-14-9-10-5-3-6-11(10)12-7-4-8-13(12)14/h2,9H,1,3-8H2,(H2,16,17,18). The lowest BCUT2D eigenvalue weighted by Crippen LogP contribution is -2.23. The van der Waals surface area contributed by atoms with E-state index in [9.17, 15) is 4.79 Å². The number of nitrogens with one attached hydrogen (secondary N) is 2. The molecule has 0 spiro atoms. The first kappa shape index (κ1) is 12.6. The molecule has 0 saturated carbocycles. The number of benzene rings is 1. The Labute approximate surface area is 118 Å². The number of urea groups is 1. The molecule has 1 aromatic rings. The fourth-order valence-electron chi connectivity index (χ4n) is 3.26. The molecule has 4 heteroatoms. The zero-order chi connectivity index (χ0) is 13.2. The number of carbonyl (C=O) groups is 1. The Balaban J connectivity index is 1.88. The minimum Gasteiger partial charge on any atom is -0.307 e. The van der Waals surface area contributed by atoms with E-state index in [-0.39, 0.29) is 6.03 Å². The Kier molecular flexibility index (Phi) is 3.51. The van der Waals surface area contributed by atoms with Crippen LogP contribution < -0.4 is 10.0 Å². The summed E-state index contributed by atoms with van der Waals surface area (Å²) < 4.78 is 2.69. The number of hydrogen-bond acceptors (Lipinski definition) is 2. The lowest BCUT2D eigenvalue weighted by atomic mass is 9.98. The van der Waals surface area contributed by atoms with Crippen molar-refractivity contribution >= 4 is 23.7 Å². The summed E-state index contributed by atoms with van der Waals surface area (Å²) in [6.45, 7) is 3.57. The molecule has 0 fully saturated rings. The highest BCUT2D eigenvalue weighted by Crippen LogP contribution is 2.38. The van der Waals surface area contributed by atoms with Crippen molar-refractivity contribution in [1.82, 2.24) is 4.72 Å². The van der Waals surface area contributed by atoms with E-state index >= 15 is 0 Å². The van der Waals surface area contributed by atoms with E-state index in [2.05, 4.69) is 22.7 Å². The summed E-state index contributed by atoms with van der Waals surface area (Å²) in [6.07, 6.45) is 7.10. The van der Waals surface area contributed by atoms with Crippen LogP contribution in [0.2, 0.25) is 0 Å². The lowest BCUT2D eigenvalue weighted by Gasteiger charge is -2.14. The molecule has 2 N–H and O–H groups in total. The fraction of sp³-hybridized carbons (Fsp3) is 0.400. The third kappa shape index (κ3) is 2.37. The molecule has 0 aromatic heterocycles. The molecule has 0 atom stereocenters. The van der Waals surface area contributed by atoms with Gasteiger partial charge in [-0.05, 0) is 84.2 Å². The Morgan fingerprint density at radius 1 is 1.16 bits per heavy atom. The van der Waals surface area contributed by atoms with Gasteiger partial charge >= 0.3 is 6.03 Å². The molecule has 19 heavy (non-hydrogen) atoms. The smallest absolute Gasteiger partial charge is 0.307 e. The normalized spacial score (nSPS) is 15.8. The third-order valence-corrected chi connectivity index (χ3v) is 4.44. The van der Waals surface area contributed by atoms with Crippen molar-refractivity contribution in [2.24, 2.45) is 0 Å². The summed E-state index contributed by atoms with van der Waals surface area (Å²) in [4.78, 5) is 11.8. The first-order valence-electron chi connectivity index (χ1n) is 6.79. The van der Waals surface area contributed by atoms with Crippen LogP contribution in [0.4, 0.5) is 10.5 Å². The maximum Gasteiger partial charge on any atom is 0.329 e. The van der Waals surface area contributed by atoms with E-state index in [1.165, 1.54) is 54.3 Å². The average molecular weight is 274 g/mol. The average Bonchev–Trinajstić information content (AvgIpc) is 3.03. The fourth-order valence-corrected chi connectivity index (χ4v) is 3.50. The molecule has 2 aliphatic carbocycles. The number of rotatable bonds is 3. The summed E-state index contributed by atoms with van der Waals surface area (Å²) >= 11 is 1.20. The number of amides is 2. The van der Waals surface area contributed by atoms with Gasteiger partial charge in [0.2, 0.25) is 0 Å². The van der Waals surface area contributed by atoms with Crippen molar-refractivity contribution in [3.05, 3.63) is 40.3 Å². The summed E-state index contributed by atoms with van der Waals surface area (Å²) in [5, 5.41) is 4.59. The molecule has 0 heterocycles. The SMILES string of the molecule is C=CSNC(=O)Nc1cc2c(c3c1CCC3)CCC2. The van der Waals surface area contributed by atoms with Crippen LogP contribution in [0.1, 0.15) is 35.1 Å². The number of anilines is 1. The number of aryl methyl sites for hydroxylation is 1. The Hall–Kier alpha value is -1.42. The molecule has 0 unspecified atom stereocenters. The van der Waals surface area contributed by atoms with E-state index in [1.54, 1.807) is 11.0 Å². The highest BCUT2D eigenvalue weighted by Gasteiger charge is 2.24. The van der Waals surface area contributed by atoms with Crippen molar-refractivity contribution in [2.75, 3.05) is 5.32 Å². The van der Waals surface area contributed by atoms with Gasteiger partial charge in [-0.2, -0.15) is 0 Å². The highest BCUT2D eigenvalue weighted by atomic mass is 32.2. The van der Waals surface area contributed by atoms with E-state index in [0.29, 0.717) is 0 Å². The van der Waals surface area contributed by atoms with E-state index < -0.39 is 0 Å². The van der Waals surface area contributed by atoms with Crippen LogP contribution in [0.3, 0.4) is 0 Å². The van der Waals surface area contributed by atoms with Gasteiger partial charge in [0.25, 0.3) is 0 Å². The largest absolute Gasteiger partial charge is 0.329 e. The Bertz CT molecular complexity index is 539. The van der Waals surface area contributed by atoms with Crippen molar-refractivity contribution in [3.63, 3.8) is 0 Å². The molecule has 0 aliphatic heterocycles. The van der Waals surface area contributed by atoms with Crippen LogP contribution in [0.25, 0.3) is 0 Å². The van der Waals surface area contributed by atoms with Crippen LogP contribution >= 0.6 is 11.9 Å². The predicted octanol–water partition coefficient (Wildman–Crippen LogP) is 3.58. The third-order valence-electron chi connectivity index (χ3n) is 3.97. The Morgan fingerprint density at radius 3 is 2.74 bits per heavy atom. The van der Waals surface area contributed by atoms with Gasteiger partial charge in [0.15, 0.2) is 0 Å². The highest BCUT2D eigenvalue weighted by molar-refractivity contribution is 8.00. The van der Waals surface area contributed by atoms with E-state index in [1.807, 2.05) is 0 Å². The second-order valence-electron chi connectivity index (χ2n) is 5.07. The summed E-state index contributed by atoms with van der Waals surface area (Å²) in [6, 6.07) is 2.02. The minimum atomic E-state index is -0.169. The summed E-state index contributed by atoms with van der Waals surface area (Å²) in [5.41, 5.74) is 6.89. The van der Waals surface area contributed by atoms with Crippen LogP contribution in [-0.4, -0.2) is 6.03 Å². The first-order valence-corrected chi connectivity index (χ1v) is 7.67. The molecular weight excluding hydrogens is 256 g/mol. The van der Waals surface area contributed by atoms with Gasteiger partial charge in [-0.25, -0.2) is 4.79 Å². The van der Waals surface area contributed by atoms with Gasteiger partial charge in [-0.15, -0.1) is 0 Å². The number of carbonyl (C=O) groups excluding carboxylic acids is 1. The molecule has 1 aromatic carbocycles. The van der Waals surface area contributed by atoms with Gasteiger partial charge < -0.3 is 5.32 Å². The zero-order valence-corrected chi connectivity index (χ0v) is 11.7. The summed E-state index contributed by atoms with van der Waals surface area (Å²) in [5.74, 6) is 0. The molecule has 3 nitrogen and oxygen atoms in total. The number of hydrogen-bond donors (Lipinski definition) is 2. The summed E-state index contributed by atoms with van der Waals surface area (Å²) in [7, 11) is 0. The zero-order valence-electron chi connectivity index (χ0n) is 10.9. The van der Waals surface area contributed by atoms with E-state index in [0.717, 1.165) is 18.5 Å².